The highest BCUT2D eigenvalue weighted by molar-refractivity contribution is 4.58. The number of aliphatic hydroxyl groups is 1. The molecule has 0 aliphatic carbocycles. The highest BCUT2D eigenvalue weighted by Crippen LogP contribution is 1.88. The van der Waals surface area contributed by atoms with E-state index in [2.05, 4.69) is 12.2 Å². The highest BCUT2D eigenvalue weighted by atomic mass is 16.5. The molecule has 0 aromatic heterocycles. The third-order valence-corrected chi connectivity index (χ3v) is 1.58. The quantitative estimate of drug-likeness (QED) is 0.530. The Morgan fingerprint density at radius 3 is 2.82 bits per heavy atom. The number of ether oxygens (including phenoxy) is 1. The maximum atomic E-state index is 8.57. The van der Waals surface area contributed by atoms with Gasteiger partial charge in [-0.3, -0.25) is 0 Å². The van der Waals surface area contributed by atoms with Crippen LogP contribution in [0.2, 0.25) is 0 Å². The molecular formula is C8H19NO2. The lowest BCUT2D eigenvalue weighted by Crippen LogP contribution is -2.28. The van der Waals surface area contributed by atoms with E-state index in [1.165, 1.54) is 0 Å². The van der Waals surface area contributed by atoms with Crippen LogP contribution < -0.4 is 5.32 Å². The molecular weight excluding hydrogens is 142 g/mol. The van der Waals surface area contributed by atoms with Crippen LogP contribution in [0.3, 0.4) is 0 Å². The lowest BCUT2D eigenvalue weighted by Gasteiger charge is -2.11. The van der Waals surface area contributed by atoms with E-state index in [0.29, 0.717) is 6.04 Å². The molecule has 0 aromatic rings. The first-order chi connectivity index (χ1) is 5.31. The summed E-state index contributed by atoms with van der Waals surface area (Å²) < 4.78 is 4.89. The van der Waals surface area contributed by atoms with Crippen LogP contribution in [-0.4, -0.2) is 38.0 Å². The van der Waals surface area contributed by atoms with Gasteiger partial charge in [0.1, 0.15) is 0 Å². The molecule has 1 atom stereocenters. The molecule has 1 unspecified atom stereocenters. The number of hydrogen-bond acceptors (Lipinski definition) is 3. The van der Waals surface area contributed by atoms with Gasteiger partial charge < -0.3 is 15.2 Å². The van der Waals surface area contributed by atoms with E-state index >= 15 is 0 Å². The van der Waals surface area contributed by atoms with Gasteiger partial charge in [-0.1, -0.05) is 0 Å². The second kappa shape index (κ2) is 7.98. The highest BCUT2D eigenvalue weighted by Gasteiger charge is 1.97. The second-order valence-corrected chi connectivity index (χ2v) is 2.71. The summed E-state index contributed by atoms with van der Waals surface area (Å²) in [6.07, 6.45) is 1.86. The van der Waals surface area contributed by atoms with Crippen molar-refractivity contribution in [3.05, 3.63) is 0 Å². The van der Waals surface area contributed by atoms with Crippen LogP contribution in [0.5, 0.6) is 0 Å². The second-order valence-electron chi connectivity index (χ2n) is 2.71. The number of hydrogen-bond donors (Lipinski definition) is 2. The van der Waals surface area contributed by atoms with Crippen LogP contribution in [0.4, 0.5) is 0 Å². The molecule has 3 nitrogen and oxygen atoms in total. The third kappa shape index (κ3) is 7.78. The molecule has 0 bridgehead atoms. The summed E-state index contributed by atoms with van der Waals surface area (Å²) in [5.41, 5.74) is 0. The molecule has 0 aromatic carbocycles. The summed E-state index contributed by atoms with van der Waals surface area (Å²) in [4.78, 5) is 0. The molecule has 11 heavy (non-hydrogen) atoms. The van der Waals surface area contributed by atoms with Crippen molar-refractivity contribution in [3.8, 4) is 0 Å². The summed E-state index contributed by atoms with van der Waals surface area (Å²) in [7, 11) is 1.71. The van der Waals surface area contributed by atoms with Crippen molar-refractivity contribution in [1.82, 2.24) is 5.32 Å². The maximum absolute atomic E-state index is 8.57. The van der Waals surface area contributed by atoms with Crippen molar-refractivity contribution >= 4 is 0 Å². The predicted molar refractivity (Wildman–Crippen MR) is 45.7 cm³/mol. The average Bonchev–Trinajstić information content (AvgIpc) is 1.99. The van der Waals surface area contributed by atoms with Gasteiger partial charge in [-0.2, -0.15) is 0 Å². The van der Waals surface area contributed by atoms with Gasteiger partial charge in [0.2, 0.25) is 0 Å². The van der Waals surface area contributed by atoms with Crippen LogP contribution in [0, 0.1) is 0 Å². The summed E-state index contributed by atoms with van der Waals surface area (Å²) in [5.74, 6) is 0. The van der Waals surface area contributed by atoms with Gasteiger partial charge >= 0.3 is 0 Å². The average molecular weight is 161 g/mol. The topological polar surface area (TPSA) is 41.5 Å². The normalized spacial score (nSPS) is 13.4. The summed E-state index contributed by atoms with van der Waals surface area (Å²) in [5, 5.41) is 11.9. The van der Waals surface area contributed by atoms with Crippen LogP contribution in [0.1, 0.15) is 19.8 Å². The SMILES string of the molecule is COCCCNC(C)CCO. The van der Waals surface area contributed by atoms with E-state index in [4.69, 9.17) is 9.84 Å². The molecule has 0 radical (unpaired) electrons. The Kier molecular flexibility index (Phi) is 7.89. The summed E-state index contributed by atoms with van der Waals surface area (Å²) >= 11 is 0. The molecule has 0 amide bonds. The van der Waals surface area contributed by atoms with Crippen LogP contribution in [0.15, 0.2) is 0 Å². The predicted octanol–water partition coefficient (Wildman–Crippen LogP) is 0.383. The zero-order valence-electron chi connectivity index (χ0n) is 7.47. The molecule has 0 fully saturated rings. The van der Waals surface area contributed by atoms with Gasteiger partial charge in [-0.25, -0.2) is 0 Å². The van der Waals surface area contributed by atoms with E-state index in [1.54, 1.807) is 7.11 Å². The smallest absolute Gasteiger partial charge is 0.0474 e. The van der Waals surface area contributed by atoms with Crippen LogP contribution >= 0.6 is 0 Å². The Morgan fingerprint density at radius 1 is 1.55 bits per heavy atom. The van der Waals surface area contributed by atoms with E-state index in [9.17, 15) is 0 Å². The number of methoxy groups -OCH3 is 1. The number of rotatable bonds is 7. The summed E-state index contributed by atoms with van der Waals surface area (Å²) in [6, 6.07) is 0.414. The maximum Gasteiger partial charge on any atom is 0.0474 e. The molecule has 2 N–H and O–H groups in total. The van der Waals surface area contributed by atoms with Gasteiger partial charge in [-0.05, 0) is 26.3 Å². The van der Waals surface area contributed by atoms with Crippen LogP contribution in [-0.2, 0) is 4.74 Å². The molecule has 0 rings (SSSR count). The Hall–Kier alpha value is -0.120. The monoisotopic (exact) mass is 161 g/mol. The molecule has 0 aliphatic rings. The molecule has 0 heterocycles. The van der Waals surface area contributed by atoms with E-state index < -0.39 is 0 Å². The van der Waals surface area contributed by atoms with Crippen molar-refractivity contribution in [2.24, 2.45) is 0 Å². The van der Waals surface area contributed by atoms with Gasteiger partial charge in [0, 0.05) is 26.4 Å². The fourth-order valence-corrected chi connectivity index (χ4v) is 0.861. The van der Waals surface area contributed by atoms with Crippen molar-refractivity contribution in [1.29, 1.82) is 0 Å². The Bertz CT molecular complexity index is 78.5. The number of nitrogens with one attached hydrogen (secondary N) is 1. The minimum atomic E-state index is 0.262. The zero-order valence-corrected chi connectivity index (χ0v) is 7.47. The minimum Gasteiger partial charge on any atom is -0.396 e. The first-order valence-electron chi connectivity index (χ1n) is 4.14. The van der Waals surface area contributed by atoms with Gasteiger partial charge in [0.15, 0.2) is 0 Å². The van der Waals surface area contributed by atoms with Crippen molar-refractivity contribution < 1.29 is 9.84 Å². The van der Waals surface area contributed by atoms with Crippen molar-refractivity contribution in [2.75, 3.05) is 26.9 Å². The fraction of sp³-hybridized carbons (Fsp3) is 1.00. The summed E-state index contributed by atoms with van der Waals surface area (Å²) in [6.45, 7) is 4.11. The molecule has 0 aliphatic heterocycles. The Morgan fingerprint density at radius 2 is 2.27 bits per heavy atom. The van der Waals surface area contributed by atoms with E-state index in [-0.39, 0.29) is 6.61 Å². The van der Waals surface area contributed by atoms with E-state index in [1.807, 2.05) is 0 Å². The van der Waals surface area contributed by atoms with Crippen molar-refractivity contribution in [3.63, 3.8) is 0 Å². The zero-order chi connectivity index (χ0) is 8.53. The molecule has 68 valence electrons. The molecule has 0 spiro atoms. The lowest BCUT2D eigenvalue weighted by atomic mass is 10.2. The first-order valence-corrected chi connectivity index (χ1v) is 4.14. The van der Waals surface area contributed by atoms with Gasteiger partial charge in [0.05, 0.1) is 0 Å². The fourth-order valence-electron chi connectivity index (χ4n) is 0.861. The third-order valence-electron chi connectivity index (χ3n) is 1.58. The number of aliphatic hydroxyl groups excluding tert-OH is 1. The van der Waals surface area contributed by atoms with Gasteiger partial charge in [-0.15, -0.1) is 0 Å². The largest absolute Gasteiger partial charge is 0.396 e. The molecule has 0 saturated heterocycles. The lowest BCUT2D eigenvalue weighted by molar-refractivity contribution is 0.192. The first kappa shape index (κ1) is 10.9. The van der Waals surface area contributed by atoms with Crippen LogP contribution in [0.25, 0.3) is 0 Å². The van der Waals surface area contributed by atoms with E-state index in [0.717, 1.165) is 26.0 Å². The van der Waals surface area contributed by atoms with Gasteiger partial charge in [0.25, 0.3) is 0 Å². The Balaban J connectivity index is 2.97. The molecule has 3 heteroatoms. The Labute approximate surface area is 68.8 Å². The van der Waals surface area contributed by atoms with Crippen molar-refractivity contribution in [2.45, 2.75) is 25.8 Å². The standard InChI is InChI=1S/C8H19NO2/c1-8(4-6-10)9-5-3-7-11-2/h8-10H,3-7H2,1-2H3. The minimum absolute atomic E-state index is 0.262. The molecule has 0 saturated carbocycles.